The van der Waals surface area contributed by atoms with Crippen LogP contribution >= 0.6 is 11.3 Å². The van der Waals surface area contributed by atoms with Crippen molar-refractivity contribution < 1.29 is 9.21 Å². The highest BCUT2D eigenvalue weighted by Crippen LogP contribution is 2.23. The van der Waals surface area contributed by atoms with Crippen LogP contribution in [0.1, 0.15) is 66.8 Å². The largest absolute Gasteiger partial charge is 0.423 e. The smallest absolute Gasteiger partial charge is 0.263 e. The lowest BCUT2D eigenvalue weighted by Gasteiger charge is -2.09. The Kier molecular flexibility index (Phi) is 5.12. The second-order valence-corrected chi connectivity index (χ2v) is 6.29. The third-order valence-corrected chi connectivity index (χ3v) is 4.11. The van der Waals surface area contributed by atoms with E-state index in [0.717, 1.165) is 11.7 Å². The van der Waals surface area contributed by atoms with E-state index in [4.69, 9.17) is 4.42 Å². The van der Waals surface area contributed by atoms with E-state index in [2.05, 4.69) is 25.8 Å². The van der Waals surface area contributed by atoms with Gasteiger partial charge >= 0.3 is 0 Å². The second kappa shape index (κ2) is 6.87. The van der Waals surface area contributed by atoms with Crippen LogP contribution in [-0.4, -0.2) is 27.6 Å². The van der Waals surface area contributed by atoms with Gasteiger partial charge in [-0.2, -0.15) is 0 Å². The zero-order valence-electron chi connectivity index (χ0n) is 13.4. The van der Waals surface area contributed by atoms with E-state index in [1.807, 2.05) is 34.6 Å². The molecule has 2 N–H and O–H groups in total. The number of thiazole rings is 1. The van der Waals surface area contributed by atoms with Crippen LogP contribution in [0.3, 0.4) is 0 Å². The van der Waals surface area contributed by atoms with Gasteiger partial charge in [0.1, 0.15) is 10.9 Å². The lowest BCUT2D eigenvalue weighted by Crippen LogP contribution is -2.26. The summed E-state index contributed by atoms with van der Waals surface area (Å²) >= 11 is 1.34. The molecule has 0 aromatic carbocycles. The van der Waals surface area contributed by atoms with Gasteiger partial charge in [0, 0.05) is 12.5 Å². The lowest BCUT2D eigenvalue weighted by molar-refractivity contribution is 0.0937. The van der Waals surface area contributed by atoms with Crippen LogP contribution in [0.2, 0.25) is 0 Å². The van der Waals surface area contributed by atoms with Crippen molar-refractivity contribution in [3.8, 4) is 0 Å². The van der Waals surface area contributed by atoms with Crippen LogP contribution < -0.4 is 10.6 Å². The van der Waals surface area contributed by atoms with Gasteiger partial charge in [-0.1, -0.05) is 25.2 Å². The zero-order valence-corrected chi connectivity index (χ0v) is 14.2. The normalized spacial score (nSPS) is 12.5. The Bertz CT molecular complexity index is 649. The van der Waals surface area contributed by atoms with Gasteiger partial charge in [0.15, 0.2) is 5.13 Å². The fourth-order valence-electron chi connectivity index (χ4n) is 1.81. The molecule has 22 heavy (non-hydrogen) atoms. The van der Waals surface area contributed by atoms with Crippen molar-refractivity contribution in [1.82, 2.24) is 20.5 Å². The first kappa shape index (κ1) is 16.4. The molecular weight excluding hydrogens is 302 g/mol. The SMILES string of the molecule is CCNc1nc(C)c(C(=O)N[C@@H](C)c2nnc(C(C)C)o2)s1. The molecule has 2 rings (SSSR count). The Labute approximate surface area is 133 Å². The summed E-state index contributed by atoms with van der Waals surface area (Å²) < 4.78 is 5.56. The number of rotatable bonds is 6. The third-order valence-electron chi connectivity index (χ3n) is 3.00. The van der Waals surface area contributed by atoms with E-state index in [9.17, 15) is 4.79 Å². The Hall–Kier alpha value is -1.96. The van der Waals surface area contributed by atoms with Gasteiger partial charge in [0.25, 0.3) is 5.91 Å². The molecule has 2 aromatic rings. The van der Waals surface area contributed by atoms with Crippen LogP contribution in [0.15, 0.2) is 4.42 Å². The number of hydrogen-bond donors (Lipinski definition) is 2. The maximum atomic E-state index is 12.3. The van der Waals surface area contributed by atoms with Crippen molar-refractivity contribution >= 4 is 22.4 Å². The number of nitrogens with one attached hydrogen (secondary N) is 2. The maximum Gasteiger partial charge on any atom is 0.263 e. The van der Waals surface area contributed by atoms with Gasteiger partial charge in [0.2, 0.25) is 11.8 Å². The first-order chi connectivity index (χ1) is 10.4. The minimum absolute atomic E-state index is 0.163. The summed E-state index contributed by atoms with van der Waals surface area (Å²) in [4.78, 5) is 17.3. The van der Waals surface area contributed by atoms with Crippen molar-refractivity contribution in [3.63, 3.8) is 0 Å². The van der Waals surface area contributed by atoms with Crippen molar-refractivity contribution in [3.05, 3.63) is 22.4 Å². The van der Waals surface area contributed by atoms with Gasteiger partial charge < -0.3 is 15.1 Å². The number of carbonyl (C=O) groups is 1. The quantitative estimate of drug-likeness (QED) is 0.849. The van der Waals surface area contributed by atoms with Gasteiger partial charge in [-0.3, -0.25) is 4.79 Å². The number of amides is 1. The molecule has 1 atom stereocenters. The van der Waals surface area contributed by atoms with E-state index in [0.29, 0.717) is 22.4 Å². The van der Waals surface area contributed by atoms with Crippen LogP contribution in [-0.2, 0) is 0 Å². The molecule has 0 aliphatic carbocycles. The molecule has 0 spiro atoms. The molecule has 1 amide bonds. The van der Waals surface area contributed by atoms with Gasteiger partial charge in [0.05, 0.1) is 5.69 Å². The van der Waals surface area contributed by atoms with E-state index in [1.165, 1.54) is 11.3 Å². The molecule has 0 fully saturated rings. The highest BCUT2D eigenvalue weighted by atomic mass is 32.1. The van der Waals surface area contributed by atoms with Gasteiger partial charge in [-0.15, -0.1) is 10.2 Å². The summed E-state index contributed by atoms with van der Waals surface area (Å²) in [6.07, 6.45) is 0. The van der Waals surface area contributed by atoms with Crippen LogP contribution in [0.4, 0.5) is 5.13 Å². The highest BCUT2D eigenvalue weighted by molar-refractivity contribution is 7.17. The Morgan fingerprint density at radius 3 is 2.55 bits per heavy atom. The molecule has 0 radical (unpaired) electrons. The summed E-state index contributed by atoms with van der Waals surface area (Å²) in [7, 11) is 0. The summed E-state index contributed by atoms with van der Waals surface area (Å²) in [5, 5.41) is 14.7. The average Bonchev–Trinajstić information content (AvgIpc) is 3.06. The molecule has 2 aromatic heterocycles. The molecule has 0 aliphatic rings. The standard InChI is InChI=1S/C14H21N5O2S/c1-6-15-14-17-8(4)10(22-14)11(20)16-9(5)13-19-18-12(21-13)7(2)3/h7,9H,6H2,1-5H3,(H,15,17)(H,16,20)/t9-/m0/s1. The number of nitrogens with zero attached hydrogens (tertiary/aromatic N) is 3. The van der Waals surface area contributed by atoms with E-state index in [-0.39, 0.29) is 17.9 Å². The van der Waals surface area contributed by atoms with Crippen LogP contribution in [0.25, 0.3) is 0 Å². The number of aromatic nitrogens is 3. The average molecular weight is 323 g/mol. The number of hydrogen-bond acceptors (Lipinski definition) is 7. The van der Waals surface area contributed by atoms with Crippen molar-refractivity contribution in [2.24, 2.45) is 0 Å². The monoisotopic (exact) mass is 323 g/mol. The lowest BCUT2D eigenvalue weighted by atomic mass is 10.2. The van der Waals surface area contributed by atoms with E-state index >= 15 is 0 Å². The number of anilines is 1. The highest BCUT2D eigenvalue weighted by Gasteiger charge is 2.21. The van der Waals surface area contributed by atoms with Crippen molar-refractivity contribution in [2.75, 3.05) is 11.9 Å². The molecule has 120 valence electrons. The molecule has 0 aliphatic heterocycles. The fourth-order valence-corrected chi connectivity index (χ4v) is 2.75. The summed E-state index contributed by atoms with van der Waals surface area (Å²) in [6.45, 7) is 10.3. The molecule has 2 heterocycles. The molecule has 0 bridgehead atoms. The van der Waals surface area contributed by atoms with Gasteiger partial charge in [-0.25, -0.2) is 4.98 Å². The summed E-state index contributed by atoms with van der Waals surface area (Å²) in [5.41, 5.74) is 0.707. The molecule has 0 saturated heterocycles. The Morgan fingerprint density at radius 2 is 1.95 bits per heavy atom. The van der Waals surface area contributed by atoms with Crippen molar-refractivity contribution in [2.45, 2.75) is 46.6 Å². The first-order valence-electron chi connectivity index (χ1n) is 7.27. The fraction of sp³-hybridized carbons (Fsp3) is 0.571. The second-order valence-electron chi connectivity index (χ2n) is 5.29. The first-order valence-corrected chi connectivity index (χ1v) is 8.09. The van der Waals surface area contributed by atoms with E-state index < -0.39 is 0 Å². The minimum Gasteiger partial charge on any atom is -0.423 e. The van der Waals surface area contributed by atoms with Crippen LogP contribution in [0.5, 0.6) is 0 Å². The maximum absolute atomic E-state index is 12.3. The predicted octanol–water partition coefficient (Wildman–Crippen LogP) is 2.88. The zero-order chi connectivity index (χ0) is 16.3. The summed E-state index contributed by atoms with van der Waals surface area (Å²) in [6, 6.07) is -0.350. The molecule has 8 heteroatoms. The van der Waals surface area contributed by atoms with E-state index in [1.54, 1.807) is 0 Å². The molecule has 7 nitrogen and oxygen atoms in total. The Balaban J connectivity index is 2.07. The molecular formula is C14H21N5O2S. The van der Waals surface area contributed by atoms with Crippen molar-refractivity contribution in [1.29, 1.82) is 0 Å². The molecule has 0 saturated carbocycles. The predicted molar refractivity (Wildman–Crippen MR) is 85.3 cm³/mol. The van der Waals surface area contributed by atoms with Crippen LogP contribution in [0, 0.1) is 6.92 Å². The number of aryl methyl sites for hydroxylation is 1. The number of carbonyl (C=O) groups excluding carboxylic acids is 1. The molecule has 0 unspecified atom stereocenters. The summed E-state index contributed by atoms with van der Waals surface area (Å²) in [5.74, 6) is 0.956. The minimum atomic E-state index is -0.350. The Morgan fingerprint density at radius 1 is 1.27 bits per heavy atom. The third kappa shape index (κ3) is 3.62. The van der Waals surface area contributed by atoms with Gasteiger partial charge in [-0.05, 0) is 20.8 Å². The topological polar surface area (TPSA) is 92.9 Å².